The number of aryl methyl sites for hydroxylation is 1. The zero-order valence-electron chi connectivity index (χ0n) is 11.2. The Kier molecular flexibility index (Phi) is 2.86. The number of nitrogens with one attached hydrogen (secondary N) is 1. The Bertz CT molecular complexity index is 776. The molecule has 0 fully saturated rings. The maximum Gasteiger partial charge on any atom is 0.354 e. The van der Waals surface area contributed by atoms with Crippen LogP contribution in [0.15, 0.2) is 30.3 Å². The van der Waals surface area contributed by atoms with Crippen molar-refractivity contribution in [3.05, 3.63) is 52.8 Å². The summed E-state index contributed by atoms with van der Waals surface area (Å²) < 4.78 is 0. The van der Waals surface area contributed by atoms with E-state index >= 15 is 0 Å². The van der Waals surface area contributed by atoms with Crippen molar-refractivity contribution in [3.63, 3.8) is 0 Å². The summed E-state index contributed by atoms with van der Waals surface area (Å²) >= 11 is 0. The van der Waals surface area contributed by atoms with E-state index in [1.165, 1.54) is 6.07 Å². The largest absolute Gasteiger partial charge is 0.477 e. The minimum atomic E-state index is -1.21. The molecule has 0 aliphatic carbocycles. The minimum absolute atomic E-state index is 0.0746. The van der Waals surface area contributed by atoms with Gasteiger partial charge in [-0.3, -0.25) is 9.59 Å². The van der Waals surface area contributed by atoms with E-state index in [1.807, 2.05) is 0 Å². The van der Waals surface area contributed by atoms with Crippen LogP contribution in [0.2, 0.25) is 0 Å². The number of anilines is 1. The van der Waals surface area contributed by atoms with Gasteiger partial charge in [0.15, 0.2) is 0 Å². The first kappa shape index (κ1) is 13.1. The molecule has 0 bridgehead atoms. The number of carboxylic acids is 1. The molecule has 2 heterocycles. The number of amides is 2. The predicted molar refractivity (Wildman–Crippen MR) is 74.5 cm³/mol. The molecule has 0 saturated heterocycles. The Morgan fingerprint density at radius 3 is 2.71 bits per heavy atom. The maximum atomic E-state index is 12.5. The van der Waals surface area contributed by atoms with Crippen molar-refractivity contribution in [2.45, 2.75) is 13.3 Å². The number of hydrogen-bond acceptors (Lipinski definition) is 3. The molecule has 1 aromatic heterocycles. The SMILES string of the molecule is Cc1cc(N2C(=O)Cc3ccccc3C2=O)c(C(=O)O)[nH]1. The van der Waals surface area contributed by atoms with E-state index in [-0.39, 0.29) is 17.8 Å². The third kappa shape index (κ3) is 2.01. The highest BCUT2D eigenvalue weighted by atomic mass is 16.4. The van der Waals surface area contributed by atoms with Crippen molar-refractivity contribution in [1.82, 2.24) is 4.98 Å². The van der Waals surface area contributed by atoms with Crippen LogP contribution in [-0.4, -0.2) is 27.9 Å². The van der Waals surface area contributed by atoms with Crippen LogP contribution in [-0.2, 0) is 11.2 Å². The van der Waals surface area contributed by atoms with Gasteiger partial charge in [-0.1, -0.05) is 18.2 Å². The van der Waals surface area contributed by atoms with Crippen LogP contribution >= 0.6 is 0 Å². The number of carboxylic acid groups (broad SMARTS) is 1. The number of aromatic nitrogens is 1. The van der Waals surface area contributed by atoms with E-state index in [1.54, 1.807) is 31.2 Å². The van der Waals surface area contributed by atoms with Crippen molar-refractivity contribution in [3.8, 4) is 0 Å². The Balaban J connectivity index is 2.14. The number of nitrogens with zero attached hydrogens (tertiary/aromatic N) is 1. The summed E-state index contributed by atoms with van der Waals surface area (Å²) in [5.74, 6) is -2.14. The molecule has 0 spiro atoms. The summed E-state index contributed by atoms with van der Waals surface area (Å²) in [5.41, 5.74) is 1.58. The van der Waals surface area contributed by atoms with Gasteiger partial charge in [0, 0.05) is 11.3 Å². The topological polar surface area (TPSA) is 90.5 Å². The molecule has 1 aliphatic rings. The van der Waals surface area contributed by atoms with Crippen molar-refractivity contribution >= 4 is 23.5 Å². The fourth-order valence-corrected chi connectivity index (χ4v) is 2.52. The highest BCUT2D eigenvalue weighted by molar-refractivity contribution is 6.26. The minimum Gasteiger partial charge on any atom is -0.477 e. The number of benzene rings is 1. The Hall–Kier alpha value is -2.89. The lowest BCUT2D eigenvalue weighted by molar-refractivity contribution is -0.117. The average molecular weight is 284 g/mol. The second kappa shape index (κ2) is 4.59. The molecule has 6 heteroatoms. The van der Waals surface area contributed by atoms with Gasteiger partial charge in [-0.05, 0) is 24.6 Å². The van der Waals surface area contributed by atoms with Gasteiger partial charge in [-0.2, -0.15) is 0 Å². The van der Waals surface area contributed by atoms with Crippen LogP contribution in [0.4, 0.5) is 5.69 Å². The monoisotopic (exact) mass is 284 g/mol. The van der Waals surface area contributed by atoms with Crippen molar-refractivity contribution in [2.24, 2.45) is 0 Å². The fourth-order valence-electron chi connectivity index (χ4n) is 2.52. The van der Waals surface area contributed by atoms with Gasteiger partial charge >= 0.3 is 5.97 Å². The molecule has 2 aromatic rings. The third-order valence-corrected chi connectivity index (χ3v) is 3.43. The van der Waals surface area contributed by atoms with Gasteiger partial charge < -0.3 is 10.1 Å². The van der Waals surface area contributed by atoms with Gasteiger partial charge in [-0.25, -0.2) is 9.69 Å². The number of carbonyl (C=O) groups excluding carboxylic acids is 2. The maximum absolute atomic E-state index is 12.5. The molecule has 106 valence electrons. The van der Waals surface area contributed by atoms with E-state index < -0.39 is 17.8 Å². The number of fused-ring (bicyclic) bond motifs is 1. The molecule has 1 aliphatic heterocycles. The molecule has 21 heavy (non-hydrogen) atoms. The second-order valence-corrected chi connectivity index (χ2v) is 4.89. The molecule has 1 aromatic carbocycles. The van der Waals surface area contributed by atoms with Gasteiger partial charge in [0.25, 0.3) is 5.91 Å². The lowest BCUT2D eigenvalue weighted by Gasteiger charge is -2.26. The van der Waals surface area contributed by atoms with Crippen molar-refractivity contribution < 1.29 is 19.5 Å². The van der Waals surface area contributed by atoms with E-state index in [4.69, 9.17) is 0 Å². The molecular weight excluding hydrogens is 272 g/mol. The van der Waals surface area contributed by atoms with Crippen LogP contribution < -0.4 is 4.90 Å². The number of hydrogen-bond donors (Lipinski definition) is 2. The van der Waals surface area contributed by atoms with Crippen molar-refractivity contribution in [1.29, 1.82) is 0 Å². The first-order valence-corrected chi connectivity index (χ1v) is 6.37. The van der Waals surface area contributed by atoms with Crippen LogP contribution in [0.1, 0.15) is 32.1 Å². The molecule has 0 unspecified atom stereocenters. The summed E-state index contributed by atoms with van der Waals surface area (Å²) in [7, 11) is 0. The van der Waals surface area contributed by atoms with Crippen LogP contribution in [0.25, 0.3) is 0 Å². The van der Waals surface area contributed by atoms with E-state index in [0.29, 0.717) is 16.8 Å². The smallest absolute Gasteiger partial charge is 0.354 e. The average Bonchev–Trinajstić information content (AvgIpc) is 2.81. The summed E-state index contributed by atoms with van der Waals surface area (Å²) in [6.07, 6.45) is 0.0746. The van der Waals surface area contributed by atoms with Gasteiger partial charge in [0.1, 0.15) is 5.69 Å². The standard InChI is InChI=1S/C15H12N2O4/c1-8-6-11(13(16-8)15(20)21)17-12(18)7-9-4-2-3-5-10(9)14(17)19/h2-6,16H,7H2,1H3,(H,20,21). The third-order valence-electron chi connectivity index (χ3n) is 3.43. The van der Waals surface area contributed by atoms with E-state index in [9.17, 15) is 19.5 Å². The number of H-pyrrole nitrogens is 1. The van der Waals surface area contributed by atoms with Crippen LogP contribution in [0.5, 0.6) is 0 Å². The van der Waals surface area contributed by atoms with Crippen LogP contribution in [0.3, 0.4) is 0 Å². The highest BCUT2D eigenvalue weighted by Gasteiger charge is 2.34. The van der Waals surface area contributed by atoms with Gasteiger partial charge in [0.05, 0.1) is 12.1 Å². The zero-order valence-corrected chi connectivity index (χ0v) is 11.2. The van der Waals surface area contributed by atoms with E-state index in [2.05, 4.69) is 4.98 Å². The first-order chi connectivity index (χ1) is 9.99. The molecule has 2 amide bonds. The Morgan fingerprint density at radius 2 is 2.00 bits per heavy atom. The van der Waals surface area contributed by atoms with Crippen molar-refractivity contribution in [2.75, 3.05) is 4.90 Å². The Labute approximate surface area is 120 Å². The normalized spacial score (nSPS) is 14.2. The number of aromatic amines is 1. The van der Waals surface area contributed by atoms with Gasteiger partial charge in [0.2, 0.25) is 5.91 Å². The molecule has 3 rings (SSSR count). The fraction of sp³-hybridized carbons (Fsp3) is 0.133. The molecule has 6 nitrogen and oxygen atoms in total. The quantitative estimate of drug-likeness (QED) is 0.822. The number of rotatable bonds is 2. The molecule has 2 N–H and O–H groups in total. The number of carbonyl (C=O) groups is 3. The van der Waals surface area contributed by atoms with Crippen LogP contribution in [0, 0.1) is 6.92 Å². The summed E-state index contributed by atoms with van der Waals surface area (Å²) in [4.78, 5) is 39.6. The predicted octanol–water partition coefficient (Wildman–Crippen LogP) is 1.75. The van der Waals surface area contributed by atoms with E-state index in [0.717, 1.165) is 4.90 Å². The molecule has 0 saturated carbocycles. The molecule has 0 radical (unpaired) electrons. The summed E-state index contributed by atoms with van der Waals surface area (Å²) in [5, 5.41) is 9.20. The zero-order chi connectivity index (χ0) is 15.1. The highest BCUT2D eigenvalue weighted by Crippen LogP contribution is 2.29. The lowest BCUT2D eigenvalue weighted by atomic mass is 9.98. The molecule has 0 atom stereocenters. The second-order valence-electron chi connectivity index (χ2n) is 4.89. The van der Waals surface area contributed by atoms with Gasteiger partial charge in [-0.15, -0.1) is 0 Å². The summed E-state index contributed by atoms with van der Waals surface area (Å²) in [6, 6.07) is 8.33. The lowest BCUT2D eigenvalue weighted by Crippen LogP contribution is -2.43. The molecular formula is C15H12N2O4. The first-order valence-electron chi connectivity index (χ1n) is 6.37. The number of aromatic carboxylic acids is 1. The Morgan fingerprint density at radius 1 is 1.29 bits per heavy atom. The summed E-state index contributed by atoms with van der Waals surface area (Å²) in [6.45, 7) is 1.67. The number of imide groups is 1.